The third-order valence-electron chi connectivity index (χ3n) is 9.01. The van der Waals surface area contributed by atoms with Crippen LogP contribution in [0.5, 0.6) is 0 Å². The van der Waals surface area contributed by atoms with Crippen LogP contribution in [0, 0.1) is 11.3 Å². The van der Waals surface area contributed by atoms with Crippen LogP contribution >= 0.6 is 11.6 Å². The number of para-hydroxylation sites is 1. The van der Waals surface area contributed by atoms with Gasteiger partial charge in [-0.3, -0.25) is 10.2 Å². The van der Waals surface area contributed by atoms with Crippen LogP contribution in [-0.4, -0.2) is 60.1 Å². The number of fused-ring (bicyclic) bond motifs is 2. The Hall–Kier alpha value is -4.87. The smallest absolute Gasteiger partial charge is 0.430 e. The van der Waals surface area contributed by atoms with Gasteiger partial charge in [-0.2, -0.15) is 13.2 Å². The van der Waals surface area contributed by atoms with Gasteiger partial charge in [0.05, 0.1) is 33.2 Å². The SMILES string of the molecule is C[N+]1(C)CCC([C@@H](NC(=O)c2cc3ccccc3n2Cc2cccc(C(=N)N)c2)c2ccc3cc(Cl)ccc3c2)CC1.O=C([O-])C(F)(F)F. The van der Waals surface area contributed by atoms with Crippen molar-refractivity contribution in [1.82, 2.24) is 9.88 Å². The summed E-state index contributed by atoms with van der Waals surface area (Å²) < 4.78 is 34.6. The van der Waals surface area contributed by atoms with Gasteiger partial charge in [-0.25, -0.2) is 0 Å². The first kappa shape index (κ1) is 35.4. The molecular formula is C37H37ClF3N5O3. The lowest BCUT2D eigenvalue weighted by molar-refractivity contribution is -0.896. The molecule has 1 aliphatic heterocycles. The Labute approximate surface area is 287 Å². The average molecular weight is 692 g/mol. The molecule has 4 N–H and O–H groups in total. The molecule has 1 aromatic heterocycles. The number of nitrogens with one attached hydrogen (secondary N) is 2. The zero-order chi connectivity index (χ0) is 35.5. The molecule has 0 unspecified atom stereocenters. The number of aliphatic carboxylic acids is 1. The van der Waals surface area contributed by atoms with Crippen molar-refractivity contribution in [3.8, 4) is 0 Å². The predicted octanol–water partition coefficient (Wildman–Crippen LogP) is 6.04. The number of piperidine rings is 1. The van der Waals surface area contributed by atoms with Gasteiger partial charge in [0, 0.05) is 40.9 Å². The summed E-state index contributed by atoms with van der Waals surface area (Å²) in [6.07, 6.45) is -3.12. The maximum atomic E-state index is 14.3. The number of nitrogen functional groups attached to an aromatic ring is 1. The van der Waals surface area contributed by atoms with E-state index in [2.05, 4.69) is 42.2 Å². The molecule has 1 amide bonds. The number of aromatic nitrogens is 1. The number of carboxylic acid groups (broad SMARTS) is 1. The van der Waals surface area contributed by atoms with Gasteiger partial charge in [0.2, 0.25) is 0 Å². The molecule has 1 aliphatic rings. The maximum Gasteiger partial charge on any atom is 0.430 e. The number of benzene rings is 4. The van der Waals surface area contributed by atoms with E-state index >= 15 is 0 Å². The quantitative estimate of drug-likeness (QED) is 0.109. The molecule has 4 aromatic carbocycles. The monoisotopic (exact) mass is 691 g/mol. The van der Waals surface area contributed by atoms with Crippen molar-refractivity contribution in [2.45, 2.75) is 31.6 Å². The highest BCUT2D eigenvalue weighted by Gasteiger charge is 2.34. The van der Waals surface area contributed by atoms with Crippen molar-refractivity contribution < 1.29 is 32.3 Å². The van der Waals surface area contributed by atoms with Gasteiger partial charge in [0.1, 0.15) is 17.5 Å². The average Bonchev–Trinajstić information content (AvgIpc) is 3.42. The molecule has 12 heteroatoms. The number of rotatable bonds is 7. The van der Waals surface area contributed by atoms with Gasteiger partial charge >= 0.3 is 6.18 Å². The molecule has 0 bridgehead atoms. The van der Waals surface area contributed by atoms with Crippen molar-refractivity contribution in [3.63, 3.8) is 0 Å². The van der Waals surface area contributed by atoms with E-state index in [-0.39, 0.29) is 17.8 Å². The lowest BCUT2D eigenvalue weighted by atomic mass is 9.84. The molecule has 5 aromatic rings. The first-order valence-corrected chi connectivity index (χ1v) is 16.1. The van der Waals surface area contributed by atoms with Crippen LogP contribution in [-0.2, 0) is 11.3 Å². The summed E-state index contributed by atoms with van der Waals surface area (Å²) >= 11 is 6.26. The molecule has 2 heterocycles. The van der Waals surface area contributed by atoms with Crippen LogP contribution in [0.15, 0.2) is 91.0 Å². The highest BCUT2D eigenvalue weighted by Crippen LogP contribution is 2.35. The molecule has 0 spiro atoms. The van der Waals surface area contributed by atoms with E-state index in [1.54, 1.807) is 0 Å². The second kappa shape index (κ2) is 14.3. The lowest BCUT2D eigenvalue weighted by Crippen LogP contribution is -2.48. The van der Waals surface area contributed by atoms with Crippen molar-refractivity contribution >= 4 is 51.0 Å². The molecule has 0 radical (unpaired) electrons. The highest BCUT2D eigenvalue weighted by molar-refractivity contribution is 6.31. The van der Waals surface area contributed by atoms with Gasteiger partial charge in [-0.1, -0.05) is 66.2 Å². The molecule has 49 heavy (non-hydrogen) atoms. The maximum absolute atomic E-state index is 14.3. The zero-order valence-electron chi connectivity index (χ0n) is 27.1. The van der Waals surface area contributed by atoms with E-state index in [9.17, 15) is 18.0 Å². The number of carboxylic acids is 1. The number of quaternary nitrogens is 1. The van der Waals surface area contributed by atoms with Gasteiger partial charge < -0.3 is 30.0 Å². The highest BCUT2D eigenvalue weighted by atomic mass is 35.5. The Kier molecular flexibility index (Phi) is 10.4. The Morgan fingerprint density at radius 2 is 1.61 bits per heavy atom. The number of amidine groups is 1. The number of carbonyl (C=O) groups is 2. The number of nitrogens with zero attached hydrogens (tertiary/aromatic N) is 2. The summed E-state index contributed by atoms with van der Waals surface area (Å²) in [6, 6.07) is 30.0. The number of nitrogens with two attached hydrogens (primary N) is 1. The third-order valence-corrected chi connectivity index (χ3v) is 9.24. The number of hydrogen-bond donors (Lipinski definition) is 3. The Morgan fingerprint density at radius 3 is 2.29 bits per heavy atom. The number of carbonyl (C=O) groups excluding carboxylic acids is 2. The van der Waals surface area contributed by atoms with Crippen LogP contribution < -0.4 is 16.2 Å². The van der Waals surface area contributed by atoms with Crippen LogP contribution in [0.2, 0.25) is 5.02 Å². The van der Waals surface area contributed by atoms with Crippen molar-refractivity contribution in [3.05, 3.63) is 118 Å². The number of alkyl halides is 3. The predicted molar refractivity (Wildman–Crippen MR) is 183 cm³/mol. The summed E-state index contributed by atoms with van der Waals surface area (Å²) in [5.41, 5.74) is 10.2. The van der Waals surface area contributed by atoms with E-state index in [0.29, 0.717) is 28.7 Å². The summed E-state index contributed by atoms with van der Waals surface area (Å²) in [5.74, 6) is -2.74. The number of halogens is 4. The lowest BCUT2D eigenvalue weighted by Gasteiger charge is -2.40. The molecular weight excluding hydrogens is 655 g/mol. The molecule has 1 atom stereocenters. The van der Waals surface area contributed by atoms with Crippen molar-refractivity contribution in [2.75, 3.05) is 27.2 Å². The topological polar surface area (TPSA) is 124 Å². The van der Waals surface area contributed by atoms with Gasteiger partial charge in [0.15, 0.2) is 0 Å². The number of likely N-dealkylation sites (tertiary alicyclic amines) is 1. The van der Waals surface area contributed by atoms with Crippen LogP contribution in [0.1, 0.15) is 46.1 Å². The summed E-state index contributed by atoms with van der Waals surface area (Å²) in [6.45, 7) is 2.65. The molecule has 8 nitrogen and oxygen atoms in total. The third kappa shape index (κ3) is 8.60. The standard InChI is InChI=1S/C35H36ClN5O.C2HF3O2/c1-41(2)16-14-24(15-17-41)33(28-11-10-26-20-30(36)13-12-25(26)19-28)39-35(42)32-21-27-7-3-4-9-31(27)40(32)22-23-6-5-8-29(18-23)34(37)38;3-2(4,5)1(6)7/h3-13,18-21,24,33H,14-17,22H2,1-2H3,(H3-,37,38,39,42);(H,6,7)/t33-;/m1./s1. The summed E-state index contributed by atoms with van der Waals surface area (Å²) in [4.78, 5) is 23.0. The van der Waals surface area contributed by atoms with Crippen molar-refractivity contribution in [2.24, 2.45) is 11.7 Å². The second-order valence-corrected chi connectivity index (χ2v) is 13.4. The Morgan fingerprint density at radius 1 is 0.959 bits per heavy atom. The van der Waals surface area contributed by atoms with Gasteiger partial charge in [-0.15, -0.1) is 0 Å². The number of amides is 1. The second-order valence-electron chi connectivity index (χ2n) is 13.0. The van der Waals surface area contributed by atoms with Gasteiger partial charge in [0.25, 0.3) is 5.91 Å². The molecule has 256 valence electrons. The van der Waals surface area contributed by atoms with E-state index < -0.39 is 12.1 Å². The normalized spacial score (nSPS) is 15.3. The summed E-state index contributed by atoms with van der Waals surface area (Å²) in [7, 11) is 4.56. The molecule has 0 aliphatic carbocycles. The summed E-state index contributed by atoms with van der Waals surface area (Å²) in [5, 5.41) is 24.1. The fraction of sp³-hybridized carbons (Fsp3) is 0.270. The molecule has 0 saturated carbocycles. The molecule has 1 saturated heterocycles. The molecule has 6 rings (SSSR count). The Balaban J connectivity index is 0.000000606. The first-order chi connectivity index (χ1) is 23.1. The van der Waals surface area contributed by atoms with Gasteiger partial charge in [-0.05, 0) is 64.2 Å². The fourth-order valence-corrected chi connectivity index (χ4v) is 6.51. The zero-order valence-corrected chi connectivity index (χ0v) is 27.8. The minimum absolute atomic E-state index is 0.0296. The molecule has 1 fully saturated rings. The van der Waals surface area contributed by atoms with E-state index in [0.717, 1.165) is 63.2 Å². The first-order valence-electron chi connectivity index (χ1n) is 15.7. The minimum Gasteiger partial charge on any atom is -0.542 e. The largest absolute Gasteiger partial charge is 0.542 e. The van der Waals surface area contributed by atoms with E-state index in [1.807, 2.05) is 72.8 Å². The van der Waals surface area contributed by atoms with Crippen molar-refractivity contribution in [1.29, 1.82) is 5.41 Å². The van der Waals surface area contributed by atoms with E-state index in [4.69, 9.17) is 32.6 Å². The minimum atomic E-state index is -5.19. The van der Waals surface area contributed by atoms with Crippen LogP contribution in [0.3, 0.4) is 0 Å². The van der Waals surface area contributed by atoms with Crippen LogP contribution in [0.4, 0.5) is 13.2 Å². The fourth-order valence-electron chi connectivity index (χ4n) is 6.33. The Bertz CT molecular complexity index is 2010. The number of hydrogen-bond acceptors (Lipinski definition) is 4. The van der Waals surface area contributed by atoms with Crippen LogP contribution in [0.25, 0.3) is 21.7 Å². The van der Waals surface area contributed by atoms with E-state index in [1.165, 1.54) is 0 Å².